The second-order valence-corrected chi connectivity index (χ2v) is 9.46. The summed E-state index contributed by atoms with van der Waals surface area (Å²) in [5, 5.41) is 8.01. The molecule has 1 aromatic heterocycles. The lowest BCUT2D eigenvalue weighted by atomic mass is 9.98. The first-order chi connectivity index (χ1) is 16.9. The van der Waals surface area contributed by atoms with Crippen molar-refractivity contribution in [2.24, 2.45) is 5.14 Å². The van der Waals surface area contributed by atoms with E-state index in [-0.39, 0.29) is 4.90 Å². The summed E-state index contributed by atoms with van der Waals surface area (Å²) in [6.07, 6.45) is 1.68. The SMILES string of the molecule is COc1cc2nccc(Oc3ccc4c(-c5cccc(S(N)(=O)=O)c5)cccc4c3)c2cc1OC. The van der Waals surface area contributed by atoms with Crippen LogP contribution in [0.1, 0.15) is 0 Å². The Morgan fingerprint density at radius 1 is 0.771 bits per heavy atom. The molecule has 0 saturated carbocycles. The summed E-state index contributed by atoms with van der Waals surface area (Å²) in [5.74, 6) is 2.46. The fourth-order valence-corrected chi connectivity index (χ4v) is 4.64. The minimum Gasteiger partial charge on any atom is -0.493 e. The van der Waals surface area contributed by atoms with Gasteiger partial charge in [-0.2, -0.15) is 0 Å². The molecule has 176 valence electrons. The maximum absolute atomic E-state index is 11.8. The number of fused-ring (bicyclic) bond motifs is 2. The van der Waals surface area contributed by atoms with Crippen LogP contribution in [-0.4, -0.2) is 27.6 Å². The van der Waals surface area contributed by atoms with E-state index < -0.39 is 10.0 Å². The fourth-order valence-electron chi connectivity index (χ4n) is 4.08. The highest BCUT2D eigenvalue weighted by Crippen LogP contribution is 2.38. The molecule has 0 aliphatic heterocycles. The van der Waals surface area contributed by atoms with Crippen LogP contribution in [0.3, 0.4) is 0 Å². The van der Waals surface area contributed by atoms with Gasteiger partial charge in [-0.1, -0.05) is 36.4 Å². The topological polar surface area (TPSA) is 101 Å². The molecule has 7 nitrogen and oxygen atoms in total. The molecule has 0 spiro atoms. The Labute approximate surface area is 202 Å². The Morgan fingerprint density at radius 2 is 1.54 bits per heavy atom. The van der Waals surface area contributed by atoms with Crippen LogP contribution >= 0.6 is 0 Å². The average Bonchev–Trinajstić information content (AvgIpc) is 2.87. The number of primary sulfonamides is 1. The number of rotatable bonds is 6. The van der Waals surface area contributed by atoms with Crippen LogP contribution in [0.4, 0.5) is 0 Å². The highest BCUT2D eigenvalue weighted by molar-refractivity contribution is 7.89. The van der Waals surface area contributed by atoms with Crippen LogP contribution in [0.15, 0.2) is 90.0 Å². The first kappa shape index (κ1) is 22.6. The summed E-state index contributed by atoms with van der Waals surface area (Å²) in [6.45, 7) is 0. The van der Waals surface area contributed by atoms with Crippen molar-refractivity contribution in [2.45, 2.75) is 4.90 Å². The van der Waals surface area contributed by atoms with E-state index in [2.05, 4.69) is 4.98 Å². The molecule has 0 fully saturated rings. The summed E-state index contributed by atoms with van der Waals surface area (Å²) < 4.78 is 40.7. The second kappa shape index (κ2) is 8.90. The Kier molecular flexibility index (Phi) is 5.76. The third-order valence-corrected chi connectivity index (χ3v) is 6.67. The molecule has 0 bridgehead atoms. The molecule has 2 N–H and O–H groups in total. The van der Waals surface area contributed by atoms with Gasteiger partial charge in [0.15, 0.2) is 11.5 Å². The van der Waals surface area contributed by atoms with Crippen molar-refractivity contribution in [1.82, 2.24) is 4.98 Å². The van der Waals surface area contributed by atoms with Gasteiger partial charge in [-0.15, -0.1) is 0 Å². The van der Waals surface area contributed by atoms with Gasteiger partial charge in [-0.25, -0.2) is 13.6 Å². The number of nitrogens with zero attached hydrogens (tertiary/aromatic N) is 1. The van der Waals surface area contributed by atoms with E-state index in [9.17, 15) is 8.42 Å². The summed E-state index contributed by atoms with van der Waals surface area (Å²) in [7, 11) is -0.632. The lowest BCUT2D eigenvalue weighted by Gasteiger charge is -2.13. The summed E-state index contributed by atoms with van der Waals surface area (Å²) >= 11 is 0. The van der Waals surface area contributed by atoms with Crippen molar-refractivity contribution in [2.75, 3.05) is 14.2 Å². The van der Waals surface area contributed by atoms with E-state index in [0.717, 1.165) is 32.8 Å². The summed E-state index contributed by atoms with van der Waals surface area (Å²) in [5.41, 5.74) is 2.38. The molecule has 4 aromatic carbocycles. The predicted molar refractivity (Wildman–Crippen MR) is 136 cm³/mol. The summed E-state index contributed by atoms with van der Waals surface area (Å²) in [4.78, 5) is 4.49. The second-order valence-electron chi connectivity index (χ2n) is 7.90. The Bertz CT molecular complexity index is 1680. The Morgan fingerprint density at radius 3 is 2.31 bits per heavy atom. The smallest absolute Gasteiger partial charge is 0.238 e. The van der Waals surface area contributed by atoms with E-state index >= 15 is 0 Å². The number of methoxy groups -OCH3 is 2. The van der Waals surface area contributed by atoms with Gasteiger partial charge < -0.3 is 14.2 Å². The summed E-state index contributed by atoms with van der Waals surface area (Å²) in [6, 6.07) is 23.7. The number of ether oxygens (including phenoxy) is 3. The minimum absolute atomic E-state index is 0.0728. The van der Waals surface area contributed by atoms with Crippen molar-refractivity contribution >= 4 is 31.7 Å². The zero-order chi connectivity index (χ0) is 24.6. The highest BCUT2D eigenvalue weighted by Gasteiger charge is 2.13. The van der Waals surface area contributed by atoms with Crippen LogP contribution in [-0.2, 0) is 10.0 Å². The van der Waals surface area contributed by atoms with Crippen molar-refractivity contribution in [1.29, 1.82) is 0 Å². The first-order valence-electron chi connectivity index (χ1n) is 10.7. The number of benzene rings is 4. The van der Waals surface area contributed by atoms with Gasteiger partial charge in [0, 0.05) is 17.6 Å². The minimum atomic E-state index is -3.80. The molecule has 0 aliphatic carbocycles. The van der Waals surface area contributed by atoms with Crippen molar-refractivity contribution in [3.8, 4) is 34.1 Å². The van der Waals surface area contributed by atoms with E-state index in [0.29, 0.717) is 23.0 Å². The molecule has 35 heavy (non-hydrogen) atoms. The third-order valence-electron chi connectivity index (χ3n) is 5.76. The van der Waals surface area contributed by atoms with Gasteiger partial charge in [0.25, 0.3) is 0 Å². The normalized spacial score (nSPS) is 11.5. The number of sulfonamides is 1. The van der Waals surface area contributed by atoms with Gasteiger partial charge in [0.05, 0.1) is 24.6 Å². The van der Waals surface area contributed by atoms with Gasteiger partial charge in [-0.05, 0) is 58.3 Å². The van der Waals surface area contributed by atoms with Crippen LogP contribution < -0.4 is 19.3 Å². The number of hydrogen-bond acceptors (Lipinski definition) is 6. The maximum Gasteiger partial charge on any atom is 0.238 e. The molecule has 0 amide bonds. The number of aromatic nitrogens is 1. The van der Waals surface area contributed by atoms with Crippen LogP contribution in [0.5, 0.6) is 23.0 Å². The molecule has 5 rings (SSSR count). The molecule has 0 saturated heterocycles. The standard InChI is InChI=1S/C27H22N2O5S/c1-32-26-15-23-24(16-27(26)33-2)29-12-11-25(23)34-19-9-10-22-17(13-19)6-4-8-21(22)18-5-3-7-20(14-18)35(28,30)31/h3-16H,1-2H3,(H2,28,30,31). The van der Waals surface area contributed by atoms with Crippen molar-refractivity contribution in [3.63, 3.8) is 0 Å². The number of hydrogen-bond donors (Lipinski definition) is 1. The van der Waals surface area contributed by atoms with E-state index in [1.807, 2.05) is 54.6 Å². The van der Waals surface area contributed by atoms with E-state index in [1.165, 1.54) is 6.07 Å². The van der Waals surface area contributed by atoms with Gasteiger partial charge in [0.1, 0.15) is 11.5 Å². The monoisotopic (exact) mass is 486 g/mol. The first-order valence-corrected chi connectivity index (χ1v) is 12.3. The molecular weight excluding hydrogens is 464 g/mol. The van der Waals surface area contributed by atoms with E-state index in [4.69, 9.17) is 19.3 Å². The Balaban J connectivity index is 1.55. The number of nitrogens with two attached hydrogens (primary N) is 1. The van der Waals surface area contributed by atoms with Gasteiger partial charge in [0.2, 0.25) is 10.0 Å². The maximum atomic E-state index is 11.8. The van der Waals surface area contributed by atoms with Crippen molar-refractivity contribution < 1.29 is 22.6 Å². The molecule has 0 atom stereocenters. The van der Waals surface area contributed by atoms with Gasteiger partial charge in [-0.3, -0.25) is 4.98 Å². The molecule has 0 radical (unpaired) electrons. The fraction of sp³-hybridized carbons (Fsp3) is 0.0741. The van der Waals surface area contributed by atoms with Crippen LogP contribution in [0, 0.1) is 0 Å². The predicted octanol–water partition coefficient (Wildman–Crippen LogP) is 5.51. The largest absolute Gasteiger partial charge is 0.493 e. The average molecular weight is 487 g/mol. The molecule has 5 aromatic rings. The third kappa shape index (κ3) is 4.37. The highest BCUT2D eigenvalue weighted by atomic mass is 32.2. The molecular formula is C27H22N2O5S. The van der Waals surface area contributed by atoms with Gasteiger partial charge >= 0.3 is 0 Å². The zero-order valence-corrected chi connectivity index (χ0v) is 19.9. The lowest BCUT2D eigenvalue weighted by molar-refractivity contribution is 0.355. The van der Waals surface area contributed by atoms with Crippen LogP contribution in [0.25, 0.3) is 32.8 Å². The van der Waals surface area contributed by atoms with Crippen molar-refractivity contribution in [3.05, 3.63) is 85.1 Å². The lowest BCUT2D eigenvalue weighted by Crippen LogP contribution is -2.11. The van der Waals surface area contributed by atoms with E-state index in [1.54, 1.807) is 38.6 Å². The number of pyridine rings is 1. The molecule has 8 heteroatoms. The quantitative estimate of drug-likeness (QED) is 0.340. The zero-order valence-electron chi connectivity index (χ0n) is 19.1. The molecule has 1 heterocycles. The molecule has 0 unspecified atom stereocenters. The van der Waals surface area contributed by atoms with Crippen LogP contribution in [0.2, 0.25) is 0 Å². The molecule has 0 aliphatic rings. The Hall–Kier alpha value is -4.14.